The van der Waals surface area contributed by atoms with Crippen molar-refractivity contribution in [1.29, 1.82) is 0 Å². The minimum Gasteiger partial charge on any atom is -0.379 e. The van der Waals surface area contributed by atoms with E-state index in [1.54, 1.807) is 0 Å². The predicted molar refractivity (Wildman–Crippen MR) is 87.1 cm³/mol. The van der Waals surface area contributed by atoms with E-state index in [-0.39, 0.29) is 5.60 Å². The quantitative estimate of drug-likeness (QED) is 0.777. The molecule has 3 unspecified atom stereocenters. The predicted octanol–water partition coefficient (Wildman–Crippen LogP) is 3.15. The first-order valence-electron chi connectivity index (χ1n) is 8.33. The minimum atomic E-state index is -0.0157. The fourth-order valence-electron chi connectivity index (χ4n) is 2.91. The second kappa shape index (κ2) is 7.77. The minimum absolute atomic E-state index is 0.0157. The topological polar surface area (TPSA) is 24.5 Å². The number of nitrogens with zero attached hydrogens (tertiary/aromatic N) is 1. The summed E-state index contributed by atoms with van der Waals surface area (Å²) in [5.74, 6) is 1.45. The summed E-state index contributed by atoms with van der Waals surface area (Å²) in [6, 6.07) is 1.30. The SMILES string of the molecule is CCC(C)C1CNC(C(C)C)CN1CCC(C)(C)OC. The summed E-state index contributed by atoms with van der Waals surface area (Å²) in [6.07, 6.45) is 2.35. The van der Waals surface area contributed by atoms with Crippen LogP contribution in [0, 0.1) is 11.8 Å². The molecule has 0 amide bonds. The summed E-state index contributed by atoms with van der Waals surface area (Å²) < 4.78 is 5.58. The second-order valence-electron chi connectivity index (χ2n) is 7.42. The van der Waals surface area contributed by atoms with Gasteiger partial charge in [0.05, 0.1) is 5.60 Å². The molecule has 1 fully saturated rings. The van der Waals surface area contributed by atoms with E-state index in [4.69, 9.17) is 4.74 Å². The molecular weight excluding hydrogens is 248 g/mol. The zero-order valence-electron chi connectivity index (χ0n) is 14.7. The number of hydrogen-bond acceptors (Lipinski definition) is 3. The fraction of sp³-hybridized carbons (Fsp3) is 1.00. The van der Waals surface area contributed by atoms with Crippen molar-refractivity contribution in [2.45, 2.75) is 72.1 Å². The van der Waals surface area contributed by atoms with Gasteiger partial charge < -0.3 is 10.1 Å². The van der Waals surface area contributed by atoms with Crippen molar-refractivity contribution in [3.63, 3.8) is 0 Å². The van der Waals surface area contributed by atoms with Crippen LogP contribution in [0.25, 0.3) is 0 Å². The molecule has 0 radical (unpaired) electrons. The van der Waals surface area contributed by atoms with Crippen molar-refractivity contribution < 1.29 is 4.74 Å². The highest BCUT2D eigenvalue weighted by Crippen LogP contribution is 2.23. The Kier molecular flexibility index (Phi) is 6.96. The molecule has 0 aromatic carbocycles. The third kappa shape index (κ3) is 5.01. The Bertz CT molecular complexity index is 278. The van der Waals surface area contributed by atoms with Crippen molar-refractivity contribution >= 4 is 0 Å². The number of methoxy groups -OCH3 is 1. The van der Waals surface area contributed by atoms with E-state index in [1.165, 1.54) is 13.0 Å². The second-order valence-corrected chi connectivity index (χ2v) is 7.42. The molecule has 1 rings (SSSR count). The summed E-state index contributed by atoms with van der Waals surface area (Å²) in [6.45, 7) is 17.1. The largest absolute Gasteiger partial charge is 0.379 e. The Morgan fingerprint density at radius 1 is 1.30 bits per heavy atom. The van der Waals surface area contributed by atoms with Crippen LogP contribution in [-0.4, -0.2) is 49.3 Å². The molecule has 20 heavy (non-hydrogen) atoms. The lowest BCUT2D eigenvalue weighted by atomic mass is 9.91. The molecule has 1 N–H and O–H groups in total. The molecule has 3 nitrogen and oxygen atoms in total. The van der Waals surface area contributed by atoms with Crippen LogP contribution >= 0.6 is 0 Å². The first kappa shape index (κ1) is 17.9. The smallest absolute Gasteiger partial charge is 0.0634 e. The van der Waals surface area contributed by atoms with E-state index in [1.807, 2.05) is 7.11 Å². The van der Waals surface area contributed by atoms with E-state index in [2.05, 4.69) is 51.8 Å². The molecular formula is C17H36N2O. The van der Waals surface area contributed by atoms with Gasteiger partial charge in [-0.1, -0.05) is 34.1 Å². The Morgan fingerprint density at radius 2 is 1.95 bits per heavy atom. The van der Waals surface area contributed by atoms with Crippen LogP contribution in [0.3, 0.4) is 0 Å². The van der Waals surface area contributed by atoms with Crippen LogP contribution in [0.1, 0.15) is 54.4 Å². The standard InChI is InChI=1S/C17H36N2O/c1-8-14(4)16-11-18-15(13(2)3)12-19(16)10-9-17(5,6)20-7/h13-16,18H,8-12H2,1-7H3. The van der Waals surface area contributed by atoms with Gasteiger partial charge in [-0.15, -0.1) is 0 Å². The zero-order chi connectivity index (χ0) is 15.3. The molecule has 1 aliphatic heterocycles. The molecule has 1 aliphatic rings. The monoisotopic (exact) mass is 284 g/mol. The van der Waals surface area contributed by atoms with Crippen LogP contribution < -0.4 is 5.32 Å². The molecule has 3 heteroatoms. The summed E-state index contributed by atoms with van der Waals surface area (Å²) in [4.78, 5) is 2.70. The van der Waals surface area contributed by atoms with Crippen molar-refractivity contribution in [2.24, 2.45) is 11.8 Å². The Morgan fingerprint density at radius 3 is 2.45 bits per heavy atom. The van der Waals surface area contributed by atoms with Gasteiger partial charge in [0.2, 0.25) is 0 Å². The van der Waals surface area contributed by atoms with Crippen molar-refractivity contribution in [1.82, 2.24) is 10.2 Å². The summed E-state index contributed by atoms with van der Waals surface area (Å²) in [7, 11) is 1.82. The Labute approximate surface area is 126 Å². The van der Waals surface area contributed by atoms with Gasteiger partial charge in [0, 0.05) is 38.8 Å². The number of ether oxygens (including phenoxy) is 1. The molecule has 0 aromatic rings. The summed E-state index contributed by atoms with van der Waals surface area (Å²) in [5, 5.41) is 3.75. The third-order valence-corrected chi connectivity index (χ3v) is 5.15. The van der Waals surface area contributed by atoms with Gasteiger partial charge in [0.25, 0.3) is 0 Å². The maximum Gasteiger partial charge on any atom is 0.0634 e. The van der Waals surface area contributed by atoms with Gasteiger partial charge >= 0.3 is 0 Å². The lowest BCUT2D eigenvalue weighted by Gasteiger charge is -2.45. The molecule has 0 saturated carbocycles. The number of nitrogens with one attached hydrogen (secondary N) is 1. The van der Waals surface area contributed by atoms with Gasteiger partial charge in [0.1, 0.15) is 0 Å². The fourth-order valence-corrected chi connectivity index (χ4v) is 2.91. The zero-order valence-corrected chi connectivity index (χ0v) is 14.7. The molecule has 0 aliphatic carbocycles. The van der Waals surface area contributed by atoms with Crippen LogP contribution in [0.5, 0.6) is 0 Å². The molecule has 120 valence electrons. The van der Waals surface area contributed by atoms with Crippen molar-refractivity contribution in [3.8, 4) is 0 Å². The van der Waals surface area contributed by atoms with E-state index in [0.29, 0.717) is 18.0 Å². The summed E-state index contributed by atoms with van der Waals surface area (Å²) in [5.41, 5.74) is -0.0157. The average molecular weight is 284 g/mol. The molecule has 0 aromatic heterocycles. The van der Waals surface area contributed by atoms with Gasteiger partial charge in [-0.2, -0.15) is 0 Å². The number of piperazine rings is 1. The van der Waals surface area contributed by atoms with E-state index < -0.39 is 0 Å². The van der Waals surface area contributed by atoms with Gasteiger partial charge in [0.15, 0.2) is 0 Å². The third-order valence-electron chi connectivity index (χ3n) is 5.15. The Balaban J connectivity index is 2.66. The summed E-state index contributed by atoms with van der Waals surface area (Å²) >= 11 is 0. The number of hydrogen-bond donors (Lipinski definition) is 1. The van der Waals surface area contributed by atoms with E-state index >= 15 is 0 Å². The number of rotatable bonds is 7. The normalized spacial score (nSPS) is 27.0. The molecule has 0 spiro atoms. The van der Waals surface area contributed by atoms with Crippen LogP contribution in [0.2, 0.25) is 0 Å². The first-order chi connectivity index (χ1) is 9.30. The molecule has 1 saturated heterocycles. The van der Waals surface area contributed by atoms with Crippen molar-refractivity contribution in [3.05, 3.63) is 0 Å². The Hall–Kier alpha value is -0.120. The van der Waals surface area contributed by atoms with Gasteiger partial charge in [-0.05, 0) is 32.1 Å². The van der Waals surface area contributed by atoms with Crippen molar-refractivity contribution in [2.75, 3.05) is 26.7 Å². The highest BCUT2D eigenvalue weighted by molar-refractivity contribution is 4.90. The maximum absolute atomic E-state index is 5.58. The van der Waals surface area contributed by atoms with Gasteiger partial charge in [-0.3, -0.25) is 4.90 Å². The molecule has 0 bridgehead atoms. The lowest BCUT2D eigenvalue weighted by molar-refractivity contribution is -0.00624. The maximum atomic E-state index is 5.58. The lowest BCUT2D eigenvalue weighted by Crippen LogP contribution is -2.60. The van der Waals surface area contributed by atoms with Crippen LogP contribution in [-0.2, 0) is 4.74 Å². The van der Waals surface area contributed by atoms with Crippen LogP contribution in [0.15, 0.2) is 0 Å². The van der Waals surface area contributed by atoms with E-state index in [0.717, 1.165) is 25.4 Å². The van der Waals surface area contributed by atoms with Crippen LogP contribution in [0.4, 0.5) is 0 Å². The first-order valence-corrected chi connectivity index (χ1v) is 8.33. The highest BCUT2D eigenvalue weighted by atomic mass is 16.5. The highest BCUT2D eigenvalue weighted by Gasteiger charge is 2.32. The molecule has 3 atom stereocenters. The average Bonchev–Trinajstić information content (AvgIpc) is 2.44. The van der Waals surface area contributed by atoms with E-state index in [9.17, 15) is 0 Å². The molecule has 1 heterocycles. The van der Waals surface area contributed by atoms with Gasteiger partial charge in [-0.25, -0.2) is 0 Å².